The molecular formula is C24H16ClF6N3O2. The molecule has 2 heterocycles. The summed E-state index contributed by atoms with van der Waals surface area (Å²) in [5, 5.41) is 6.56. The van der Waals surface area contributed by atoms with E-state index in [1.54, 1.807) is 19.1 Å². The number of hydrogen-bond donors (Lipinski definition) is 1. The molecule has 5 nitrogen and oxygen atoms in total. The number of carbonyl (C=O) groups excluding carboxylic acids is 1. The van der Waals surface area contributed by atoms with Crippen molar-refractivity contribution in [2.75, 3.05) is 0 Å². The molecule has 1 atom stereocenters. The number of nitrogens with zero attached hydrogens (tertiary/aromatic N) is 2. The van der Waals surface area contributed by atoms with E-state index in [-0.39, 0.29) is 35.5 Å². The van der Waals surface area contributed by atoms with Crippen LogP contribution in [0.3, 0.4) is 0 Å². The fraction of sp³-hybridized carbons (Fsp3) is 0.208. The summed E-state index contributed by atoms with van der Waals surface area (Å²) in [6.45, 7) is 1.63. The second kappa shape index (κ2) is 9.45. The highest BCUT2D eigenvalue weighted by molar-refractivity contribution is 6.31. The Kier molecular flexibility index (Phi) is 6.70. The third-order valence-electron chi connectivity index (χ3n) is 5.69. The Hall–Kier alpha value is -3.60. The Labute approximate surface area is 205 Å². The zero-order chi connectivity index (χ0) is 26.3. The Balaban J connectivity index is 1.57. The van der Waals surface area contributed by atoms with Crippen molar-refractivity contribution in [1.29, 1.82) is 0 Å². The number of benzene rings is 2. The lowest BCUT2D eigenvalue weighted by Gasteiger charge is -2.29. The van der Waals surface area contributed by atoms with Gasteiger partial charge in [0.15, 0.2) is 17.5 Å². The fourth-order valence-electron chi connectivity index (χ4n) is 3.75. The molecule has 0 bridgehead atoms. The van der Waals surface area contributed by atoms with Gasteiger partial charge in [-0.25, -0.2) is 13.2 Å². The highest BCUT2D eigenvalue weighted by Gasteiger charge is 2.62. The summed E-state index contributed by atoms with van der Waals surface area (Å²) in [6.07, 6.45) is -4.55. The van der Waals surface area contributed by atoms with Gasteiger partial charge in [0, 0.05) is 23.7 Å². The first kappa shape index (κ1) is 25.5. The van der Waals surface area contributed by atoms with E-state index in [0.29, 0.717) is 16.3 Å². The van der Waals surface area contributed by atoms with Gasteiger partial charge >= 0.3 is 6.18 Å². The van der Waals surface area contributed by atoms with Crippen molar-refractivity contribution in [3.8, 4) is 0 Å². The van der Waals surface area contributed by atoms with Gasteiger partial charge in [-0.1, -0.05) is 22.8 Å². The van der Waals surface area contributed by atoms with E-state index in [1.807, 2.05) is 0 Å². The molecule has 0 fully saturated rings. The monoisotopic (exact) mass is 527 g/mol. The minimum Gasteiger partial charge on any atom is -0.374 e. The number of oxime groups is 1. The maximum Gasteiger partial charge on any atom is 0.435 e. The van der Waals surface area contributed by atoms with E-state index < -0.39 is 47.1 Å². The van der Waals surface area contributed by atoms with Gasteiger partial charge in [-0.05, 0) is 54.4 Å². The van der Waals surface area contributed by atoms with Gasteiger partial charge in [0.05, 0.1) is 23.0 Å². The van der Waals surface area contributed by atoms with Crippen molar-refractivity contribution < 1.29 is 36.0 Å². The average molecular weight is 528 g/mol. The molecule has 0 saturated carbocycles. The average Bonchev–Trinajstić information content (AvgIpc) is 3.28. The van der Waals surface area contributed by atoms with Crippen molar-refractivity contribution in [2.24, 2.45) is 5.16 Å². The molecule has 1 unspecified atom stereocenters. The van der Waals surface area contributed by atoms with Gasteiger partial charge in [-0.2, -0.15) is 13.2 Å². The summed E-state index contributed by atoms with van der Waals surface area (Å²) in [5.74, 6) is -5.94. The smallest absolute Gasteiger partial charge is 0.374 e. The lowest BCUT2D eigenvalue weighted by atomic mass is 9.86. The number of amides is 1. The maximum absolute atomic E-state index is 14.1. The van der Waals surface area contributed by atoms with Crippen molar-refractivity contribution in [3.05, 3.63) is 99.1 Å². The second-order valence-corrected chi connectivity index (χ2v) is 8.44. The number of nitrogens with one attached hydrogen (secondary N) is 1. The van der Waals surface area contributed by atoms with Crippen molar-refractivity contribution in [2.45, 2.75) is 31.7 Å². The fourth-order valence-corrected chi connectivity index (χ4v) is 3.94. The Morgan fingerprint density at radius 1 is 1.14 bits per heavy atom. The lowest BCUT2D eigenvalue weighted by molar-refractivity contribution is -0.276. The molecule has 36 heavy (non-hydrogen) atoms. The van der Waals surface area contributed by atoms with Crippen molar-refractivity contribution in [1.82, 2.24) is 10.3 Å². The number of alkyl halides is 3. The highest BCUT2D eigenvalue weighted by Crippen LogP contribution is 2.49. The van der Waals surface area contributed by atoms with E-state index in [4.69, 9.17) is 16.4 Å². The minimum atomic E-state index is -5.14. The Morgan fingerprint density at radius 3 is 2.44 bits per heavy atom. The van der Waals surface area contributed by atoms with Crippen LogP contribution in [0.2, 0.25) is 5.02 Å². The molecule has 1 amide bonds. The van der Waals surface area contributed by atoms with Gasteiger partial charge in [0.1, 0.15) is 0 Å². The second-order valence-electron chi connectivity index (χ2n) is 8.03. The summed E-state index contributed by atoms with van der Waals surface area (Å²) in [7, 11) is 0. The summed E-state index contributed by atoms with van der Waals surface area (Å²) < 4.78 is 82.9. The molecular weight excluding hydrogens is 512 g/mol. The summed E-state index contributed by atoms with van der Waals surface area (Å²) >= 11 is 6.02. The predicted molar refractivity (Wildman–Crippen MR) is 118 cm³/mol. The zero-order valence-corrected chi connectivity index (χ0v) is 19.1. The van der Waals surface area contributed by atoms with Crippen LogP contribution in [0.5, 0.6) is 0 Å². The highest BCUT2D eigenvalue weighted by atomic mass is 35.5. The SMILES string of the molecule is Cc1cc(C2=NOC(c3cc(F)c(F)c(F)c3)(C(F)(F)F)C2)ccc1C(=O)NCc1ncccc1Cl. The van der Waals surface area contributed by atoms with E-state index in [0.717, 1.165) is 0 Å². The van der Waals surface area contributed by atoms with Gasteiger partial charge in [0.25, 0.3) is 11.5 Å². The minimum absolute atomic E-state index is 0.0547. The summed E-state index contributed by atoms with van der Waals surface area (Å²) in [6, 6.07) is 7.93. The van der Waals surface area contributed by atoms with Crippen LogP contribution >= 0.6 is 11.6 Å². The zero-order valence-electron chi connectivity index (χ0n) is 18.4. The molecule has 0 saturated heterocycles. The third-order valence-corrected chi connectivity index (χ3v) is 6.04. The largest absolute Gasteiger partial charge is 0.435 e. The molecule has 0 aliphatic carbocycles. The molecule has 4 rings (SSSR count). The van der Waals surface area contributed by atoms with E-state index in [1.165, 1.54) is 24.4 Å². The first-order valence-electron chi connectivity index (χ1n) is 10.4. The summed E-state index contributed by atoms with van der Waals surface area (Å²) in [4.78, 5) is 21.4. The van der Waals surface area contributed by atoms with Crippen LogP contribution in [0.4, 0.5) is 26.3 Å². The summed E-state index contributed by atoms with van der Waals surface area (Å²) in [5.41, 5.74) is -3.04. The van der Waals surface area contributed by atoms with Crippen LogP contribution in [0.25, 0.3) is 0 Å². The van der Waals surface area contributed by atoms with E-state index in [9.17, 15) is 31.1 Å². The molecule has 2 aromatic carbocycles. The van der Waals surface area contributed by atoms with Crippen LogP contribution in [-0.4, -0.2) is 22.8 Å². The Bertz CT molecular complexity index is 1360. The molecule has 1 aliphatic heterocycles. The van der Waals surface area contributed by atoms with Gasteiger partial charge in [-0.3, -0.25) is 9.78 Å². The number of rotatable bonds is 5. The van der Waals surface area contributed by atoms with Crippen LogP contribution in [0.1, 0.15) is 39.2 Å². The van der Waals surface area contributed by atoms with Gasteiger partial charge < -0.3 is 10.2 Å². The Morgan fingerprint density at radius 2 is 1.83 bits per heavy atom. The molecule has 12 heteroatoms. The quantitative estimate of drug-likeness (QED) is 0.328. The first-order chi connectivity index (χ1) is 16.9. The van der Waals surface area contributed by atoms with E-state index >= 15 is 0 Å². The molecule has 0 radical (unpaired) electrons. The molecule has 3 aromatic rings. The first-order valence-corrected chi connectivity index (χ1v) is 10.8. The van der Waals surface area contributed by atoms with Crippen LogP contribution in [0.15, 0.2) is 53.8 Å². The number of aryl methyl sites for hydroxylation is 1. The van der Waals surface area contributed by atoms with E-state index in [2.05, 4.69) is 15.5 Å². The number of halogens is 7. The van der Waals surface area contributed by atoms with Crippen LogP contribution in [-0.2, 0) is 17.0 Å². The molecule has 1 N–H and O–H groups in total. The topological polar surface area (TPSA) is 63.6 Å². The molecule has 0 spiro atoms. The number of aromatic nitrogens is 1. The van der Waals surface area contributed by atoms with Crippen LogP contribution < -0.4 is 5.32 Å². The predicted octanol–water partition coefficient (Wildman–Crippen LogP) is 5.97. The number of carbonyl (C=O) groups is 1. The normalized spacial score (nSPS) is 17.5. The third kappa shape index (κ3) is 4.62. The number of hydrogen-bond acceptors (Lipinski definition) is 4. The van der Waals surface area contributed by atoms with Crippen molar-refractivity contribution in [3.63, 3.8) is 0 Å². The lowest BCUT2D eigenvalue weighted by Crippen LogP contribution is -2.43. The molecule has 188 valence electrons. The van der Waals surface area contributed by atoms with Crippen molar-refractivity contribution >= 4 is 23.2 Å². The standard InChI is InChI=1S/C24H16ClF6N3O2/c1-12-7-13(4-5-15(12)22(35)33-11-20-16(25)3-2-6-32-20)19-10-23(36-34-19,24(29,30)31)14-8-17(26)21(28)18(27)9-14/h2-9H,10-11H2,1H3,(H,33,35). The van der Waals surface area contributed by atoms with Gasteiger partial charge in [0.2, 0.25) is 0 Å². The molecule has 1 aromatic heterocycles. The molecule has 1 aliphatic rings. The number of pyridine rings is 1. The van der Waals surface area contributed by atoms with Crippen LogP contribution in [0, 0.1) is 24.4 Å². The maximum atomic E-state index is 14.1. The van der Waals surface area contributed by atoms with Gasteiger partial charge in [-0.15, -0.1) is 0 Å².